The molecule has 1 heterocycles. The van der Waals surface area contributed by atoms with E-state index in [-0.39, 0.29) is 5.97 Å². The van der Waals surface area contributed by atoms with E-state index in [1.807, 2.05) is 24.4 Å². The summed E-state index contributed by atoms with van der Waals surface area (Å²) in [4.78, 5) is 16.4. The first-order valence-corrected chi connectivity index (χ1v) is 9.23. The lowest BCUT2D eigenvalue weighted by molar-refractivity contribution is -0.140. The Labute approximate surface area is 148 Å². The van der Waals surface area contributed by atoms with Crippen LogP contribution in [0.1, 0.15) is 44.4 Å². The lowest BCUT2D eigenvalue weighted by Crippen LogP contribution is -2.39. The number of unbranched alkanes of at least 4 members (excludes halogenated alkanes) is 2. The van der Waals surface area contributed by atoms with E-state index in [0.717, 1.165) is 37.2 Å². The van der Waals surface area contributed by atoms with Crippen LogP contribution in [0.15, 0.2) is 22.5 Å². The number of nitrogens with one attached hydrogen (secondary N) is 2. The summed E-state index contributed by atoms with van der Waals surface area (Å²) in [7, 11) is 1.41. The number of rotatable bonds is 10. The van der Waals surface area contributed by atoms with Crippen LogP contribution in [0.3, 0.4) is 0 Å². The van der Waals surface area contributed by atoms with E-state index in [4.69, 9.17) is 0 Å². The Balaban J connectivity index is 2.36. The highest BCUT2D eigenvalue weighted by molar-refractivity contribution is 7.10. The number of methoxy groups -OCH3 is 1. The number of aliphatic hydroxyl groups is 1. The van der Waals surface area contributed by atoms with E-state index < -0.39 is 5.60 Å². The maximum atomic E-state index is 11.0. The minimum Gasteiger partial charge on any atom is -0.469 e. The van der Waals surface area contributed by atoms with Gasteiger partial charge >= 0.3 is 5.97 Å². The highest BCUT2D eigenvalue weighted by Crippen LogP contribution is 2.25. The van der Waals surface area contributed by atoms with E-state index in [2.05, 4.69) is 20.4 Å². The third-order valence-electron chi connectivity index (χ3n) is 3.52. The SMILES string of the molecule is CCNC(=NCC(C)(O)c1cccs1)NCCCCCC(=O)OC. The number of thiophene rings is 1. The summed E-state index contributed by atoms with van der Waals surface area (Å²) in [5, 5.41) is 18.9. The monoisotopic (exact) mass is 355 g/mol. The Morgan fingerprint density at radius 3 is 2.79 bits per heavy atom. The highest BCUT2D eigenvalue weighted by atomic mass is 32.1. The standard InChI is InChI=1S/C17H29N3O3S/c1-4-18-16(19-11-7-5-6-10-15(21)23-3)20-13-17(2,22)14-9-8-12-24-14/h8-9,12,22H,4-7,10-11,13H2,1-3H3,(H2,18,19,20). The fraction of sp³-hybridized carbons (Fsp3) is 0.647. The molecule has 1 unspecified atom stereocenters. The van der Waals surface area contributed by atoms with Crippen molar-refractivity contribution in [2.24, 2.45) is 4.99 Å². The van der Waals surface area contributed by atoms with Crippen molar-refractivity contribution in [1.29, 1.82) is 0 Å². The molecule has 0 fully saturated rings. The first-order valence-electron chi connectivity index (χ1n) is 8.35. The lowest BCUT2D eigenvalue weighted by Gasteiger charge is -2.20. The largest absolute Gasteiger partial charge is 0.469 e. The third kappa shape index (κ3) is 7.79. The Bertz CT molecular complexity index is 501. The molecule has 0 saturated heterocycles. The molecule has 24 heavy (non-hydrogen) atoms. The lowest BCUT2D eigenvalue weighted by atomic mass is 10.1. The summed E-state index contributed by atoms with van der Waals surface area (Å²) in [5.74, 6) is 0.538. The van der Waals surface area contributed by atoms with Crippen molar-refractivity contribution in [3.8, 4) is 0 Å². The van der Waals surface area contributed by atoms with Crippen molar-refractivity contribution < 1.29 is 14.6 Å². The zero-order chi connectivity index (χ0) is 17.8. The van der Waals surface area contributed by atoms with E-state index >= 15 is 0 Å². The summed E-state index contributed by atoms with van der Waals surface area (Å²) < 4.78 is 4.61. The van der Waals surface area contributed by atoms with Gasteiger partial charge in [0.1, 0.15) is 5.60 Å². The number of aliphatic imine (C=N–C) groups is 1. The van der Waals surface area contributed by atoms with Crippen LogP contribution in [-0.4, -0.2) is 43.8 Å². The van der Waals surface area contributed by atoms with Gasteiger partial charge in [0.15, 0.2) is 5.96 Å². The van der Waals surface area contributed by atoms with Crippen LogP contribution in [0.2, 0.25) is 0 Å². The average Bonchev–Trinajstić information content (AvgIpc) is 3.10. The molecule has 0 amide bonds. The number of hydrogen-bond acceptors (Lipinski definition) is 5. The van der Waals surface area contributed by atoms with Gasteiger partial charge < -0.3 is 20.5 Å². The van der Waals surface area contributed by atoms with Gasteiger partial charge in [-0.3, -0.25) is 4.79 Å². The third-order valence-corrected chi connectivity index (χ3v) is 4.64. The molecular formula is C17H29N3O3S. The molecule has 0 aliphatic heterocycles. The normalized spacial score (nSPS) is 14.1. The Kier molecular flexibility index (Phi) is 9.41. The average molecular weight is 356 g/mol. The number of guanidine groups is 1. The van der Waals surface area contributed by atoms with E-state index in [1.165, 1.54) is 18.4 Å². The number of hydrogen-bond donors (Lipinski definition) is 3. The predicted octanol–water partition coefficient (Wildman–Crippen LogP) is 2.24. The molecule has 1 aromatic rings. The van der Waals surface area contributed by atoms with Gasteiger partial charge in [0.25, 0.3) is 0 Å². The van der Waals surface area contributed by atoms with Crippen molar-refractivity contribution in [1.82, 2.24) is 10.6 Å². The zero-order valence-corrected chi connectivity index (χ0v) is 15.6. The predicted molar refractivity (Wildman–Crippen MR) is 98.4 cm³/mol. The maximum Gasteiger partial charge on any atom is 0.305 e. The summed E-state index contributed by atoms with van der Waals surface area (Å²) >= 11 is 1.53. The Morgan fingerprint density at radius 2 is 2.17 bits per heavy atom. The van der Waals surface area contributed by atoms with E-state index in [1.54, 1.807) is 6.92 Å². The second-order valence-electron chi connectivity index (χ2n) is 5.76. The Morgan fingerprint density at radius 1 is 1.38 bits per heavy atom. The van der Waals surface area contributed by atoms with Crippen molar-refractivity contribution >= 4 is 23.3 Å². The van der Waals surface area contributed by atoms with Gasteiger partial charge in [-0.05, 0) is 38.1 Å². The Hall–Kier alpha value is -1.60. The molecule has 0 saturated carbocycles. The van der Waals surface area contributed by atoms with E-state index in [9.17, 15) is 9.90 Å². The second-order valence-corrected chi connectivity index (χ2v) is 6.71. The zero-order valence-electron chi connectivity index (χ0n) is 14.8. The fourth-order valence-electron chi connectivity index (χ4n) is 2.12. The summed E-state index contributed by atoms with van der Waals surface area (Å²) in [6, 6.07) is 3.85. The fourth-order valence-corrected chi connectivity index (χ4v) is 2.90. The van der Waals surface area contributed by atoms with Gasteiger partial charge in [-0.2, -0.15) is 0 Å². The van der Waals surface area contributed by atoms with Gasteiger partial charge in [0, 0.05) is 24.4 Å². The molecule has 0 radical (unpaired) electrons. The molecule has 6 nitrogen and oxygen atoms in total. The molecule has 1 rings (SSSR count). The first kappa shape index (κ1) is 20.4. The van der Waals surface area contributed by atoms with Crippen molar-refractivity contribution in [2.75, 3.05) is 26.7 Å². The second kappa shape index (κ2) is 11.0. The quantitative estimate of drug-likeness (QED) is 0.259. The number of carbonyl (C=O) groups is 1. The van der Waals surface area contributed by atoms with Crippen LogP contribution in [0.5, 0.6) is 0 Å². The molecule has 0 bridgehead atoms. The molecule has 136 valence electrons. The van der Waals surface area contributed by atoms with Gasteiger partial charge in [0.2, 0.25) is 0 Å². The summed E-state index contributed by atoms with van der Waals surface area (Å²) in [6.07, 6.45) is 3.20. The molecule has 1 aromatic heterocycles. The number of carbonyl (C=O) groups excluding carboxylic acids is 1. The minimum absolute atomic E-state index is 0.159. The molecule has 0 aliphatic carbocycles. The molecule has 0 spiro atoms. The number of ether oxygens (including phenoxy) is 1. The van der Waals surface area contributed by atoms with Crippen LogP contribution < -0.4 is 10.6 Å². The molecule has 0 aliphatic rings. The summed E-state index contributed by atoms with van der Waals surface area (Å²) in [5.41, 5.74) is -0.961. The molecular weight excluding hydrogens is 326 g/mol. The molecule has 3 N–H and O–H groups in total. The van der Waals surface area contributed by atoms with E-state index in [0.29, 0.717) is 18.9 Å². The maximum absolute atomic E-state index is 11.0. The topological polar surface area (TPSA) is 83.0 Å². The smallest absolute Gasteiger partial charge is 0.305 e. The van der Waals surface area contributed by atoms with Crippen LogP contribution in [-0.2, 0) is 15.1 Å². The van der Waals surface area contributed by atoms with Crippen LogP contribution in [0.25, 0.3) is 0 Å². The van der Waals surface area contributed by atoms with Crippen molar-refractivity contribution in [3.05, 3.63) is 22.4 Å². The van der Waals surface area contributed by atoms with Crippen molar-refractivity contribution in [3.63, 3.8) is 0 Å². The van der Waals surface area contributed by atoms with Crippen LogP contribution >= 0.6 is 11.3 Å². The molecule has 0 aromatic carbocycles. The molecule has 1 atom stereocenters. The number of nitrogens with zero attached hydrogens (tertiary/aromatic N) is 1. The van der Waals surface area contributed by atoms with Crippen LogP contribution in [0.4, 0.5) is 0 Å². The summed E-state index contributed by atoms with van der Waals surface area (Å²) in [6.45, 7) is 5.61. The molecule has 7 heteroatoms. The first-order chi connectivity index (χ1) is 11.5. The van der Waals surface area contributed by atoms with Crippen LogP contribution in [0, 0.1) is 0 Å². The highest BCUT2D eigenvalue weighted by Gasteiger charge is 2.23. The van der Waals surface area contributed by atoms with Gasteiger partial charge in [-0.15, -0.1) is 11.3 Å². The van der Waals surface area contributed by atoms with Gasteiger partial charge in [-0.1, -0.05) is 12.5 Å². The van der Waals surface area contributed by atoms with Gasteiger partial charge in [-0.25, -0.2) is 4.99 Å². The minimum atomic E-state index is -0.961. The number of esters is 1. The van der Waals surface area contributed by atoms with Gasteiger partial charge in [0.05, 0.1) is 13.7 Å². The van der Waals surface area contributed by atoms with Crippen molar-refractivity contribution in [2.45, 2.75) is 45.1 Å².